The average Bonchev–Trinajstić information content (AvgIpc) is 2.55. The summed E-state index contributed by atoms with van der Waals surface area (Å²) in [6.45, 7) is 4.83. The van der Waals surface area contributed by atoms with Crippen molar-refractivity contribution in [2.24, 2.45) is 0 Å². The number of methoxy groups -OCH3 is 2. The standard InChI is InChI=1S/C19H24O3/c1-14(2)16-10-7-8-12-18(16)22-13-15-9-5-6-11-17(15)19(20-3)21-4/h5-12,14,19H,13H2,1-4H3. The highest BCUT2D eigenvalue weighted by Gasteiger charge is 2.14. The highest BCUT2D eigenvalue weighted by Crippen LogP contribution is 2.28. The Kier molecular flexibility index (Phi) is 5.99. The number of benzene rings is 2. The van der Waals surface area contributed by atoms with Crippen LogP contribution in [0.15, 0.2) is 48.5 Å². The predicted molar refractivity (Wildman–Crippen MR) is 88.1 cm³/mol. The van der Waals surface area contributed by atoms with Gasteiger partial charge >= 0.3 is 0 Å². The third-order valence-corrected chi connectivity index (χ3v) is 3.66. The molecule has 0 unspecified atom stereocenters. The van der Waals surface area contributed by atoms with E-state index in [0.717, 1.165) is 16.9 Å². The number of para-hydroxylation sites is 1. The van der Waals surface area contributed by atoms with Gasteiger partial charge in [0.2, 0.25) is 0 Å². The molecule has 0 heterocycles. The van der Waals surface area contributed by atoms with Crippen molar-refractivity contribution in [3.8, 4) is 5.75 Å². The Labute approximate surface area is 132 Å². The zero-order valence-corrected chi connectivity index (χ0v) is 13.7. The van der Waals surface area contributed by atoms with Crippen LogP contribution in [0, 0.1) is 0 Å². The van der Waals surface area contributed by atoms with Gasteiger partial charge in [0, 0.05) is 19.8 Å². The normalized spacial score (nSPS) is 11.2. The van der Waals surface area contributed by atoms with E-state index in [1.165, 1.54) is 5.56 Å². The third kappa shape index (κ3) is 3.87. The van der Waals surface area contributed by atoms with Crippen LogP contribution in [0.1, 0.15) is 42.7 Å². The van der Waals surface area contributed by atoms with Crippen molar-refractivity contribution in [3.63, 3.8) is 0 Å². The van der Waals surface area contributed by atoms with E-state index in [-0.39, 0.29) is 6.29 Å². The van der Waals surface area contributed by atoms with E-state index in [1.807, 2.05) is 42.5 Å². The van der Waals surface area contributed by atoms with Gasteiger partial charge in [-0.15, -0.1) is 0 Å². The van der Waals surface area contributed by atoms with E-state index in [2.05, 4.69) is 19.9 Å². The van der Waals surface area contributed by atoms with Crippen LogP contribution in [-0.4, -0.2) is 14.2 Å². The first-order valence-electron chi connectivity index (χ1n) is 7.52. The molecule has 2 aromatic rings. The maximum Gasteiger partial charge on any atom is 0.183 e. The molecule has 0 fully saturated rings. The van der Waals surface area contributed by atoms with Gasteiger partial charge in [0.15, 0.2) is 6.29 Å². The maximum absolute atomic E-state index is 6.05. The topological polar surface area (TPSA) is 27.7 Å². The quantitative estimate of drug-likeness (QED) is 0.695. The van der Waals surface area contributed by atoms with Crippen LogP contribution in [0.5, 0.6) is 5.75 Å². The second kappa shape index (κ2) is 7.97. The van der Waals surface area contributed by atoms with Crippen LogP contribution < -0.4 is 4.74 Å². The summed E-state index contributed by atoms with van der Waals surface area (Å²) in [4.78, 5) is 0. The predicted octanol–water partition coefficient (Wildman–Crippen LogP) is 4.68. The fraction of sp³-hybridized carbons (Fsp3) is 0.368. The first-order valence-corrected chi connectivity index (χ1v) is 7.52. The third-order valence-electron chi connectivity index (χ3n) is 3.66. The molecule has 0 amide bonds. The molecule has 0 radical (unpaired) electrons. The first kappa shape index (κ1) is 16.5. The number of hydrogen-bond donors (Lipinski definition) is 0. The summed E-state index contributed by atoms with van der Waals surface area (Å²) in [5.74, 6) is 1.36. The lowest BCUT2D eigenvalue weighted by Crippen LogP contribution is -2.09. The van der Waals surface area contributed by atoms with Crippen molar-refractivity contribution in [1.82, 2.24) is 0 Å². The van der Waals surface area contributed by atoms with Gasteiger partial charge in [-0.1, -0.05) is 56.3 Å². The summed E-state index contributed by atoms with van der Waals surface area (Å²) in [7, 11) is 3.28. The second-order valence-corrected chi connectivity index (χ2v) is 5.48. The molecule has 0 aliphatic heterocycles. The van der Waals surface area contributed by atoms with Crippen molar-refractivity contribution >= 4 is 0 Å². The zero-order valence-electron chi connectivity index (χ0n) is 13.7. The van der Waals surface area contributed by atoms with E-state index in [1.54, 1.807) is 14.2 Å². The van der Waals surface area contributed by atoms with Crippen molar-refractivity contribution in [3.05, 3.63) is 65.2 Å². The molecule has 0 atom stereocenters. The average molecular weight is 300 g/mol. The van der Waals surface area contributed by atoms with E-state index in [9.17, 15) is 0 Å². The number of hydrogen-bond acceptors (Lipinski definition) is 3. The van der Waals surface area contributed by atoms with Crippen LogP contribution in [-0.2, 0) is 16.1 Å². The molecule has 3 heteroatoms. The molecule has 0 aliphatic carbocycles. The molecular weight excluding hydrogens is 276 g/mol. The molecule has 0 spiro atoms. The van der Waals surface area contributed by atoms with Crippen LogP contribution in [0.25, 0.3) is 0 Å². The van der Waals surface area contributed by atoms with E-state index in [4.69, 9.17) is 14.2 Å². The maximum atomic E-state index is 6.05. The highest BCUT2D eigenvalue weighted by atomic mass is 16.7. The molecule has 0 bridgehead atoms. The summed E-state index contributed by atoms with van der Waals surface area (Å²) in [6, 6.07) is 16.2. The lowest BCUT2D eigenvalue weighted by atomic mass is 10.0. The molecule has 22 heavy (non-hydrogen) atoms. The van der Waals surface area contributed by atoms with E-state index >= 15 is 0 Å². The summed E-state index contributed by atoms with van der Waals surface area (Å²) < 4.78 is 16.8. The largest absolute Gasteiger partial charge is 0.489 e. The van der Waals surface area contributed by atoms with Gasteiger partial charge in [-0.05, 0) is 23.1 Å². The Morgan fingerprint density at radius 2 is 1.41 bits per heavy atom. The summed E-state index contributed by atoms with van der Waals surface area (Å²) >= 11 is 0. The van der Waals surface area contributed by atoms with Gasteiger partial charge in [-0.3, -0.25) is 0 Å². The van der Waals surface area contributed by atoms with Gasteiger partial charge in [-0.25, -0.2) is 0 Å². The molecule has 0 aliphatic rings. The van der Waals surface area contributed by atoms with Gasteiger partial charge in [0.05, 0.1) is 0 Å². The Morgan fingerprint density at radius 3 is 2.05 bits per heavy atom. The number of rotatable bonds is 7. The Morgan fingerprint density at radius 1 is 0.818 bits per heavy atom. The lowest BCUT2D eigenvalue weighted by Gasteiger charge is -2.19. The molecule has 3 nitrogen and oxygen atoms in total. The van der Waals surface area contributed by atoms with Crippen LogP contribution in [0.3, 0.4) is 0 Å². The summed E-state index contributed by atoms with van der Waals surface area (Å²) in [6.07, 6.45) is -0.375. The minimum Gasteiger partial charge on any atom is -0.489 e. The van der Waals surface area contributed by atoms with Crippen molar-refractivity contribution < 1.29 is 14.2 Å². The molecule has 0 saturated carbocycles. The second-order valence-electron chi connectivity index (χ2n) is 5.48. The minimum absolute atomic E-state index is 0.375. The molecule has 0 aromatic heterocycles. The highest BCUT2D eigenvalue weighted by molar-refractivity contribution is 5.36. The molecule has 2 rings (SSSR count). The molecular formula is C19H24O3. The van der Waals surface area contributed by atoms with Gasteiger partial charge in [0.1, 0.15) is 12.4 Å². The smallest absolute Gasteiger partial charge is 0.183 e. The molecule has 2 aromatic carbocycles. The van der Waals surface area contributed by atoms with Crippen LogP contribution in [0.4, 0.5) is 0 Å². The SMILES string of the molecule is COC(OC)c1ccccc1COc1ccccc1C(C)C. The molecule has 0 saturated heterocycles. The lowest BCUT2D eigenvalue weighted by molar-refractivity contribution is -0.106. The van der Waals surface area contributed by atoms with Crippen molar-refractivity contribution in [2.75, 3.05) is 14.2 Å². The molecule has 118 valence electrons. The van der Waals surface area contributed by atoms with Crippen LogP contribution in [0.2, 0.25) is 0 Å². The van der Waals surface area contributed by atoms with Gasteiger partial charge in [-0.2, -0.15) is 0 Å². The van der Waals surface area contributed by atoms with Gasteiger partial charge in [0.25, 0.3) is 0 Å². The van der Waals surface area contributed by atoms with Crippen molar-refractivity contribution in [2.45, 2.75) is 32.7 Å². The van der Waals surface area contributed by atoms with E-state index in [0.29, 0.717) is 12.5 Å². The Bertz CT molecular complexity index is 589. The summed E-state index contributed by atoms with van der Waals surface area (Å²) in [5.41, 5.74) is 3.28. The van der Waals surface area contributed by atoms with Gasteiger partial charge < -0.3 is 14.2 Å². The monoisotopic (exact) mass is 300 g/mol. The molecule has 0 N–H and O–H groups in total. The minimum atomic E-state index is -0.375. The first-order chi connectivity index (χ1) is 10.7. The zero-order chi connectivity index (χ0) is 15.9. The summed E-state index contributed by atoms with van der Waals surface area (Å²) in [5, 5.41) is 0. The Hall–Kier alpha value is -1.84. The van der Waals surface area contributed by atoms with Crippen LogP contribution >= 0.6 is 0 Å². The Balaban J connectivity index is 2.19. The van der Waals surface area contributed by atoms with E-state index < -0.39 is 0 Å². The van der Waals surface area contributed by atoms with Crippen molar-refractivity contribution in [1.29, 1.82) is 0 Å². The number of ether oxygens (including phenoxy) is 3. The fourth-order valence-electron chi connectivity index (χ4n) is 2.49. The fourth-order valence-corrected chi connectivity index (χ4v) is 2.49.